The number of hydrogen-bond acceptors (Lipinski definition) is 6. The molecule has 19 heavy (non-hydrogen) atoms. The van der Waals surface area contributed by atoms with Crippen LogP contribution in [0.5, 0.6) is 0 Å². The molecule has 7 heteroatoms. The Bertz CT molecular complexity index is 598. The molecule has 1 aromatic carbocycles. The van der Waals surface area contributed by atoms with Crippen molar-refractivity contribution in [2.45, 2.75) is 12.5 Å². The van der Waals surface area contributed by atoms with E-state index in [2.05, 4.69) is 10.1 Å². The Kier molecular flexibility index (Phi) is 3.66. The number of hydrogen-bond donors (Lipinski definition) is 2. The van der Waals surface area contributed by atoms with Gasteiger partial charge in [-0.25, -0.2) is 13.2 Å². The molecule has 1 aliphatic heterocycles. The van der Waals surface area contributed by atoms with E-state index in [4.69, 9.17) is 5.73 Å². The van der Waals surface area contributed by atoms with E-state index in [-0.39, 0.29) is 17.5 Å². The standard InChI is InChI=1S/C12H16N2O4S/c1-18-12(15)8-2-3-11(10(13)6-8)14-9-4-5-19(16,17)7-9/h2-3,6,9,14H,4-5,7,13H2,1H3. The van der Waals surface area contributed by atoms with Gasteiger partial charge in [-0.05, 0) is 24.6 Å². The van der Waals surface area contributed by atoms with Crippen molar-refractivity contribution >= 4 is 27.2 Å². The molecule has 0 aliphatic carbocycles. The van der Waals surface area contributed by atoms with E-state index < -0.39 is 15.8 Å². The average molecular weight is 284 g/mol. The zero-order chi connectivity index (χ0) is 14.0. The van der Waals surface area contributed by atoms with Gasteiger partial charge in [-0.2, -0.15) is 0 Å². The lowest BCUT2D eigenvalue weighted by Crippen LogP contribution is -2.21. The maximum Gasteiger partial charge on any atom is 0.337 e. The molecule has 0 radical (unpaired) electrons. The van der Waals surface area contributed by atoms with Gasteiger partial charge >= 0.3 is 5.97 Å². The second-order valence-corrected chi connectivity index (χ2v) is 6.77. The summed E-state index contributed by atoms with van der Waals surface area (Å²) in [5.41, 5.74) is 7.23. The van der Waals surface area contributed by atoms with Crippen molar-refractivity contribution in [1.29, 1.82) is 0 Å². The van der Waals surface area contributed by atoms with E-state index in [1.54, 1.807) is 12.1 Å². The zero-order valence-electron chi connectivity index (χ0n) is 10.5. The van der Waals surface area contributed by atoms with Crippen LogP contribution >= 0.6 is 0 Å². The number of carbonyl (C=O) groups is 1. The van der Waals surface area contributed by atoms with Crippen molar-refractivity contribution in [1.82, 2.24) is 0 Å². The summed E-state index contributed by atoms with van der Waals surface area (Å²) in [6.07, 6.45) is 0.570. The predicted molar refractivity (Wildman–Crippen MR) is 72.9 cm³/mol. The van der Waals surface area contributed by atoms with Gasteiger partial charge in [-0.3, -0.25) is 0 Å². The van der Waals surface area contributed by atoms with Crippen LogP contribution in [0.15, 0.2) is 18.2 Å². The molecule has 2 rings (SSSR count). The Morgan fingerprint density at radius 3 is 2.74 bits per heavy atom. The lowest BCUT2D eigenvalue weighted by molar-refractivity contribution is 0.0601. The highest BCUT2D eigenvalue weighted by atomic mass is 32.2. The molecule has 1 aromatic rings. The van der Waals surface area contributed by atoms with E-state index in [1.165, 1.54) is 13.2 Å². The quantitative estimate of drug-likeness (QED) is 0.625. The lowest BCUT2D eigenvalue weighted by atomic mass is 10.1. The second kappa shape index (κ2) is 5.08. The number of sulfone groups is 1. The number of ether oxygens (including phenoxy) is 1. The summed E-state index contributed by atoms with van der Waals surface area (Å²) >= 11 is 0. The molecule has 0 spiro atoms. The number of carbonyl (C=O) groups excluding carboxylic acids is 1. The average Bonchev–Trinajstić information content (AvgIpc) is 2.70. The van der Waals surface area contributed by atoms with Crippen LogP contribution in [0.2, 0.25) is 0 Å². The summed E-state index contributed by atoms with van der Waals surface area (Å²) in [5.74, 6) is -0.141. The van der Waals surface area contributed by atoms with E-state index in [0.29, 0.717) is 23.4 Å². The fraction of sp³-hybridized carbons (Fsp3) is 0.417. The Balaban J connectivity index is 2.12. The third-order valence-electron chi connectivity index (χ3n) is 3.06. The SMILES string of the molecule is COC(=O)c1ccc(NC2CCS(=O)(=O)C2)c(N)c1. The van der Waals surface area contributed by atoms with Gasteiger partial charge < -0.3 is 15.8 Å². The van der Waals surface area contributed by atoms with Gasteiger partial charge in [0.2, 0.25) is 0 Å². The molecule has 1 saturated heterocycles. The molecular formula is C12H16N2O4S. The van der Waals surface area contributed by atoms with Crippen LogP contribution in [0.25, 0.3) is 0 Å². The molecule has 0 amide bonds. The number of nitrogen functional groups attached to an aromatic ring is 1. The fourth-order valence-electron chi connectivity index (χ4n) is 2.07. The first-order valence-corrected chi connectivity index (χ1v) is 7.68. The normalized spacial score (nSPS) is 21.0. The summed E-state index contributed by atoms with van der Waals surface area (Å²) < 4.78 is 27.3. The number of anilines is 2. The van der Waals surface area contributed by atoms with Crippen molar-refractivity contribution in [3.05, 3.63) is 23.8 Å². The molecule has 0 saturated carbocycles. The largest absolute Gasteiger partial charge is 0.465 e. The Morgan fingerprint density at radius 1 is 1.47 bits per heavy atom. The van der Waals surface area contributed by atoms with Gasteiger partial charge in [0.1, 0.15) is 0 Å². The van der Waals surface area contributed by atoms with Gasteiger partial charge in [0, 0.05) is 6.04 Å². The lowest BCUT2D eigenvalue weighted by Gasteiger charge is -2.15. The van der Waals surface area contributed by atoms with Crippen molar-refractivity contribution in [3.63, 3.8) is 0 Å². The van der Waals surface area contributed by atoms with Gasteiger partial charge in [0.05, 0.1) is 35.6 Å². The molecule has 0 aromatic heterocycles. The summed E-state index contributed by atoms with van der Waals surface area (Å²) in [6, 6.07) is 4.63. The molecular weight excluding hydrogens is 268 g/mol. The first-order valence-electron chi connectivity index (χ1n) is 5.86. The molecule has 1 unspecified atom stereocenters. The van der Waals surface area contributed by atoms with Gasteiger partial charge in [0.15, 0.2) is 9.84 Å². The van der Waals surface area contributed by atoms with Gasteiger partial charge in [-0.15, -0.1) is 0 Å². The Morgan fingerprint density at radius 2 is 2.21 bits per heavy atom. The highest BCUT2D eigenvalue weighted by molar-refractivity contribution is 7.91. The third-order valence-corrected chi connectivity index (χ3v) is 4.83. The van der Waals surface area contributed by atoms with Crippen LogP contribution in [-0.2, 0) is 14.6 Å². The van der Waals surface area contributed by atoms with Crippen LogP contribution in [0, 0.1) is 0 Å². The molecule has 1 heterocycles. The summed E-state index contributed by atoms with van der Waals surface area (Å²) in [5, 5.41) is 3.09. The van der Waals surface area contributed by atoms with Crippen molar-refractivity contribution in [3.8, 4) is 0 Å². The number of rotatable bonds is 3. The van der Waals surface area contributed by atoms with Crippen molar-refractivity contribution in [2.75, 3.05) is 29.7 Å². The molecule has 104 valence electrons. The molecule has 6 nitrogen and oxygen atoms in total. The van der Waals surface area contributed by atoms with E-state index in [0.717, 1.165) is 0 Å². The number of esters is 1. The topological polar surface area (TPSA) is 98.5 Å². The van der Waals surface area contributed by atoms with E-state index >= 15 is 0 Å². The smallest absolute Gasteiger partial charge is 0.337 e. The Hall–Kier alpha value is -1.76. The number of nitrogens with one attached hydrogen (secondary N) is 1. The third kappa shape index (κ3) is 3.17. The fourth-order valence-corrected chi connectivity index (χ4v) is 3.74. The molecule has 1 fully saturated rings. The second-order valence-electron chi connectivity index (χ2n) is 4.54. The number of nitrogens with two attached hydrogens (primary N) is 1. The van der Waals surface area contributed by atoms with Gasteiger partial charge in [0.25, 0.3) is 0 Å². The minimum Gasteiger partial charge on any atom is -0.465 e. The maximum atomic E-state index is 11.4. The van der Waals surface area contributed by atoms with Crippen LogP contribution in [0.1, 0.15) is 16.8 Å². The Labute approximate surface area is 111 Å². The monoisotopic (exact) mass is 284 g/mol. The van der Waals surface area contributed by atoms with Crippen LogP contribution in [-0.4, -0.2) is 39.0 Å². The first kappa shape index (κ1) is 13.7. The molecule has 1 atom stereocenters. The predicted octanol–water partition coefficient (Wildman–Crippen LogP) is 0.654. The molecule has 3 N–H and O–H groups in total. The van der Waals surface area contributed by atoms with Crippen LogP contribution in [0.4, 0.5) is 11.4 Å². The van der Waals surface area contributed by atoms with Gasteiger partial charge in [-0.1, -0.05) is 0 Å². The minimum absolute atomic E-state index is 0.116. The first-order chi connectivity index (χ1) is 8.91. The van der Waals surface area contributed by atoms with E-state index in [1.807, 2.05) is 0 Å². The summed E-state index contributed by atoms with van der Waals surface area (Å²) in [4.78, 5) is 11.3. The summed E-state index contributed by atoms with van der Waals surface area (Å²) in [6.45, 7) is 0. The number of benzene rings is 1. The van der Waals surface area contributed by atoms with Crippen molar-refractivity contribution in [2.24, 2.45) is 0 Å². The highest BCUT2D eigenvalue weighted by Gasteiger charge is 2.28. The zero-order valence-corrected chi connectivity index (χ0v) is 11.4. The maximum absolute atomic E-state index is 11.4. The molecule has 1 aliphatic rings. The summed E-state index contributed by atoms with van der Waals surface area (Å²) in [7, 11) is -1.63. The van der Waals surface area contributed by atoms with Crippen LogP contribution in [0.3, 0.4) is 0 Å². The number of methoxy groups -OCH3 is 1. The minimum atomic E-state index is -2.93. The van der Waals surface area contributed by atoms with Crippen molar-refractivity contribution < 1.29 is 17.9 Å². The highest BCUT2D eigenvalue weighted by Crippen LogP contribution is 2.24. The molecule has 0 bridgehead atoms. The van der Waals surface area contributed by atoms with E-state index in [9.17, 15) is 13.2 Å². The van der Waals surface area contributed by atoms with Crippen LogP contribution < -0.4 is 11.1 Å².